The maximum absolute atomic E-state index is 12.4. The van der Waals surface area contributed by atoms with Crippen molar-refractivity contribution in [3.63, 3.8) is 0 Å². The van der Waals surface area contributed by atoms with E-state index in [0.29, 0.717) is 16.3 Å². The Morgan fingerprint density at radius 2 is 1.87 bits per heavy atom. The molecule has 1 aliphatic rings. The summed E-state index contributed by atoms with van der Waals surface area (Å²) in [5.74, 6) is -0.396. The second-order valence-electron chi connectivity index (χ2n) is 6.69. The molecule has 1 heterocycles. The molecule has 0 spiro atoms. The first-order valence-corrected chi connectivity index (χ1v) is 11.3. The number of hydrogen-bond acceptors (Lipinski definition) is 6. The van der Waals surface area contributed by atoms with Crippen LogP contribution >= 0.6 is 46.1 Å². The molecule has 0 saturated heterocycles. The Labute approximate surface area is 193 Å². The van der Waals surface area contributed by atoms with Crippen LogP contribution in [0.15, 0.2) is 30.3 Å². The Morgan fingerprint density at radius 1 is 1.17 bits per heavy atom. The molecule has 2 aromatic rings. The van der Waals surface area contributed by atoms with Crippen molar-refractivity contribution in [2.45, 2.75) is 35.6 Å². The molecule has 0 radical (unpaired) electrons. The molecule has 1 aliphatic carbocycles. The van der Waals surface area contributed by atoms with Crippen molar-refractivity contribution in [2.75, 3.05) is 19.0 Å². The number of benzene rings is 1. The first kappa shape index (κ1) is 23.0. The number of thiophene rings is 1. The molecule has 1 atom stereocenters. The zero-order valence-electron chi connectivity index (χ0n) is 16.2. The third-order valence-corrected chi connectivity index (χ3v) is 6.46. The zero-order chi connectivity index (χ0) is 21.7. The van der Waals surface area contributed by atoms with E-state index in [-0.39, 0.29) is 6.61 Å². The van der Waals surface area contributed by atoms with E-state index in [1.165, 1.54) is 18.4 Å². The van der Waals surface area contributed by atoms with Gasteiger partial charge in [-0.05, 0) is 43.4 Å². The van der Waals surface area contributed by atoms with E-state index in [4.69, 9.17) is 44.3 Å². The standard InChI is InChI=1S/C20H21Cl3N2O4S/c1-28-18(27)16-13-9-5-6-10-14(13)30-17(16)25-19(20(21,22)23)24-15(26)11-29-12-7-3-2-4-8-12/h2-4,7-8,19,25H,5-6,9-11H2,1H3,(H,24,26)/t19-/m1/s1. The van der Waals surface area contributed by atoms with E-state index in [9.17, 15) is 9.59 Å². The van der Waals surface area contributed by atoms with Gasteiger partial charge < -0.3 is 20.1 Å². The van der Waals surface area contributed by atoms with E-state index in [1.54, 1.807) is 24.3 Å². The predicted molar refractivity (Wildman–Crippen MR) is 120 cm³/mol. The van der Waals surface area contributed by atoms with Crippen molar-refractivity contribution in [1.82, 2.24) is 5.32 Å². The number of fused-ring (bicyclic) bond motifs is 1. The van der Waals surface area contributed by atoms with Crippen LogP contribution in [-0.4, -0.2) is 35.6 Å². The fraction of sp³-hybridized carbons (Fsp3) is 0.400. The van der Waals surface area contributed by atoms with Gasteiger partial charge in [0.15, 0.2) is 6.61 Å². The molecule has 0 unspecified atom stereocenters. The first-order valence-electron chi connectivity index (χ1n) is 9.33. The summed E-state index contributed by atoms with van der Waals surface area (Å²) in [4.78, 5) is 25.9. The number of rotatable bonds is 7. The number of alkyl halides is 3. The van der Waals surface area contributed by atoms with Crippen LogP contribution in [0.4, 0.5) is 5.00 Å². The number of ether oxygens (including phenoxy) is 2. The number of carbonyl (C=O) groups is 2. The van der Waals surface area contributed by atoms with E-state index in [0.717, 1.165) is 36.1 Å². The highest BCUT2D eigenvalue weighted by molar-refractivity contribution is 7.16. The van der Waals surface area contributed by atoms with Crippen LogP contribution in [0.3, 0.4) is 0 Å². The van der Waals surface area contributed by atoms with E-state index in [1.807, 2.05) is 6.07 Å². The van der Waals surface area contributed by atoms with Crippen LogP contribution in [-0.2, 0) is 22.4 Å². The minimum absolute atomic E-state index is 0.256. The largest absolute Gasteiger partial charge is 0.484 e. The summed E-state index contributed by atoms with van der Waals surface area (Å²) in [5.41, 5.74) is 1.40. The molecule has 0 aliphatic heterocycles. The lowest BCUT2D eigenvalue weighted by molar-refractivity contribution is -0.123. The Morgan fingerprint density at radius 3 is 2.53 bits per heavy atom. The van der Waals surface area contributed by atoms with E-state index >= 15 is 0 Å². The van der Waals surface area contributed by atoms with Gasteiger partial charge in [0.2, 0.25) is 3.79 Å². The highest BCUT2D eigenvalue weighted by Gasteiger charge is 2.36. The first-order chi connectivity index (χ1) is 14.3. The van der Waals surface area contributed by atoms with Crippen LogP contribution in [0.5, 0.6) is 5.75 Å². The van der Waals surface area contributed by atoms with Gasteiger partial charge in [0.25, 0.3) is 5.91 Å². The van der Waals surface area contributed by atoms with Gasteiger partial charge in [0.05, 0.1) is 12.7 Å². The van der Waals surface area contributed by atoms with Crippen LogP contribution < -0.4 is 15.4 Å². The summed E-state index contributed by atoms with van der Waals surface area (Å²) in [7, 11) is 1.33. The van der Waals surface area contributed by atoms with Crippen molar-refractivity contribution in [3.8, 4) is 5.75 Å². The minimum atomic E-state index is -1.87. The van der Waals surface area contributed by atoms with Crippen LogP contribution in [0, 0.1) is 0 Å². The number of aryl methyl sites for hydroxylation is 1. The van der Waals surface area contributed by atoms with Gasteiger partial charge in [-0.3, -0.25) is 4.79 Å². The normalized spacial score (nSPS) is 14.4. The number of carbonyl (C=O) groups excluding carboxylic acids is 2. The maximum atomic E-state index is 12.4. The molecule has 1 aromatic heterocycles. The second-order valence-corrected chi connectivity index (χ2v) is 10.2. The SMILES string of the molecule is COC(=O)c1c(N[C@@H](NC(=O)COc2ccccc2)C(Cl)(Cl)Cl)sc2c1CCCC2. The highest BCUT2D eigenvalue weighted by Crippen LogP contribution is 2.40. The number of anilines is 1. The topological polar surface area (TPSA) is 76.7 Å². The van der Waals surface area contributed by atoms with Crippen molar-refractivity contribution >= 4 is 63.0 Å². The van der Waals surface area contributed by atoms with E-state index < -0.39 is 21.8 Å². The summed E-state index contributed by atoms with van der Waals surface area (Å²) >= 11 is 19.7. The number of hydrogen-bond donors (Lipinski definition) is 2. The molecule has 1 amide bonds. The molecule has 30 heavy (non-hydrogen) atoms. The maximum Gasteiger partial charge on any atom is 0.341 e. The molecule has 10 heteroatoms. The Balaban J connectivity index is 1.76. The second kappa shape index (κ2) is 10.1. The lowest BCUT2D eigenvalue weighted by atomic mass is 9.95. The Bertz CT molecular complexity index is 899. The summed E-state index contributed by atoms with van der Waals surface area (Å²) in [6, 6.07) is 8.90. The fourth-order valence-electron chi connectivity index (χ4n) is 3.18. The van der Waals surface area contributed by atoms with Crippen molar-refractivity contribution in [3.05, 3.63) is 46.3 Å². The third kappa shape index (κ3) is 5.72. The van der Waals surface area contributed by atoms with Crippen molar-refractivity contribution in [2.24, 2.45) is 0 Å². The molecule has 1 aromatic carbocycles. The van der Waals surface area contributed by atoms with Gasteiger partial charge in [-0.25, -0.2) is 4.79 Å². The van der Waals surface area contributed by atoms with Crippen molar-refractivity contribution < 1.29 is 19.1 Å². The van der Waals surface area contributed by atoms with Gasteiger partial charge in [-0.1, -0.05) is 53.0 Å². The monoisotopic (exact) mass is 490 g/mol. The summed E-state index contributed by atoms with van der Waals surface area (Å²) in [6.07, 6.45) is 2.62. The number of amides is 1. The summed E-state index contributed by atoms with van der Waals surface area (Å²) in [5, 5.41) is 6.16. The molecular formula is C20H21Cl3N2O4S. The Kier molecular flexibility index (Phi) is 7.74. The van der Waals surface area contributed by atoms with Crippen molar-refractivity contribution in [1.29, 1.82) is 0 Å². The molecule has 0 bridgehead atoms. The van der Waals surface area contributed by atoms with Gasteiger partial charge in [-0.15, -0.1) is 11.3 Å². The Hall–Kier alpha value is -1.67. The van der Waals surface area contributed by atoms with Gasteiger partial charge in [0.1, 0.15) is 16.9 Å². The fourth-order valence-corrected chi connectivity index (χ4v) is 4.82. The van der Waals surface area contributed by atoms with Gasteiger partial charge >= 0.3 is 5.97 Å². The van der Waals surface area contributed by atoms with Crippen LogP contribution in [0.1, 0.15) is 33.6 Å². The molecule has 3 rings (SSSR count). The number of methoxy groups -OCH3 is 1. The number of esters is 1. The predicted octanol–water partition coefficient (Wildman–Crippen LogP) is 4.72. The molecule has 0 saturated carbocycles. The third-order valence-electron chi connectivity index (χ3n) is 4.58. The van der Waals surface area contributed by atoms with Crippen LogP contribution in [0.2, 0.25) is 0 Å². The average molecular weight is 492 g/mol. The summed E-state index contributed by atoms with van der Waals surface area (Å²) in [6.45, 7) is -0.256. The number of halogens is 3. The smallest absolute Gasteiger partial charge is 0.341 e. The quantitative estimate of drug-likeness (QED) is 0.333. The van der Waals surface area contributed by atoms with Gasteiger partial charge in [-0.2, -0.15) is 0 Å². The minimum Gasteiger partial charge on any atom is -0.484 e. The van der Waals surface area contributed by atoms with Crippen LogP contribution in [0.25, 0.3) is 0 Å². The molecule has 0 fully saturated rings. The zero-order valence-corrected chi connectivity index (χ0v) is 19.3. The molecule has 162 valence electrons. The number of para-hydroxylation sites is 1. The average Bonchev–Trinajstić information content (AvgIpc) is 3.09. The van der Waals surface area contributed by atoms with E-state index in [2.05, 4.69) is 10.6 Å². The summed E-state index contributed by atoms with van der Waals surface area (Å²) < 4.78 is 8.52. The highest BCUT2D eigenvalue weighted by atomic mass is 35.6. The molecule has 2 N–H and O–H groups in total. The lowest BCUT2D eigenvalue weighted by Gasteiger charge is -2.27. The van der Waals surface area contributed by atoms with Gasteiger partial charge in [0, 0.05) is 4.88 Å². The molecule has 6 nitrogen and oxygen atoms in total. The molecular weight excluding hydrogens is 471 g/mol. The lowest BCUT2D eigenvalue weighted by Crippen LogP contribution is -2.50. The number of nitrogens with one attached hydrogen (secondary N) is 2.